The Kier molecular flexibility index (Phi) is 11.2. The second-order valence-corrected chi connectivity index (χ2v) is 11.5. The first-order chi connectivity index (χ1) is 21.5. The first-order valence-corrected chi connectivity index (χ1v) is 15.2. The van der Waals surface area contributed by atoms with Crippen molar-refractivity contribution in [3.05, 3.63) is 109 Å². The molecule has 0 saturated carbocycles. The second kappa shape index (κ2) is 15.0. The lowest BCUT2D eigenvalue weighted by Gasteiger charge is -2.21. The van der Waals surface area contributed by atoms with Crippen LogP contribution in [0, 0.1) is 12.8 Å². The minimum Gasteiger partial charge on any atom is -0.353 e. The number of aryl methyl sites for hydroxylation is 1. The number of carbonyl (C=O) groups is 2. The summed E-state index contributed by atoms with van der Waals surface area (Å²) in [5.74, 6) is -1.24. The van der Waals surface area contributed by atoms with E-state index in [4.69, 9.17) is 0 Å². The molecule has 45 heavy (non-hydrogen) atoms. The predicted molar refractivity (Wildman–Crippen MR) is 168 cm³/mol. The number of hydrogen-bond donors (Lipinski definition) is 4. The maximum Gasteiger partial charge on any atom is 0.416 e. The molecule has 0 radical (unpaired) electrons. The molecule has 0 bridgehead atoms. The van der Waals surface area contributed by atoms with Crippen LogP contribution in [0.4, 0.5) is 24.5 Å². The van der Waals surface area contributed by atoms with E-state index in [1.54, 1.807) is 13.1 Å². The molecule has 3 aromatic carbocycles. The molecule has 0 fully saturated rings. The van der Waals surface area contributed by atoms with E-state index >= 15 is 0 Å². The van der Waals surface area contributed by atoms with E-state index in [0.717, 1.165) is 60.3 Å². The van der Waals surface area contributed by atoms with Gasteiger partial charge in [-0.15, -0.1) is 0 Å². The Hall–Kier alpha value is -4.41. The highest BCUT2D eigenvalue weighted by Crippen LogP contribution is 2.29. The number of hydrogen-bond acceptors (Lipinski definition) is 2. The third-order valence-electron chi connectivity index (χ3n) is 7.89. The van der Waals surface area contributed by atoms with Crippen molar-refractivity contribution in [2.75, 3.05) is 25.0 Å². The lowest BCUT2D eigenvalue weighted by atomic mass is 9.98. The van der Waals surface area contributed by atoms with E-state index in [1.807, 2.05) is 54.1 Å². The van der Waals surface area contributed by atoms with Gasteiger partial charge in [-0.2, -0.15) is 17.7 Å². The molecule has 0 spiro atoms. The zero-order chi connectivity index (χ0) is 32.6. The van der Waals surface area contributed by atoms with Gasteiger partial charge in [0.1, 0.15) is 50.5 Å². The molecule has 0 saturated heterocycles. The van der Waals surface area contributed by atoms with Crippen molar-refractivity contribution >= 4 is 34.1 Å². The summed E-state index contributed by atoms with van der Waals surface area (Å²) in [5, 5.41) is 6.68. The number of halogens is 3. The molecule has 236 valence electrons. The van der Waals surface area contributed by atoms with Crippen LogP contribution in [0.1, 0.15) is 30.0 Å². The Morgan fingerprint density at radius 2 is 1.58 bits per heavy atom. The molecule has 4 aromatic rings. The highest BCUT2D eigenvalue weighted by molar-refractivity contribution is 5.98. The van der Waals surface area contributed by atoms with Gasteiger partial charge in [-0.1, -0.05) is 43.3 Å². The van der Waals surface area contributed by atoms with Crippen LogP contribution in [0.25, 0.3) is 10.9 Å². The third kappa shape index (κ3) is 9.06. The Balaban J connectivity index is 1.50. The number of anilines is 1. The van der Waals surface area contributed by atoms with E-state index < -0.39 is 29.6 Å². The fourth-order valence-corrected chi connectivity index (χ4v) is 5.46. The number of quaternary nitrogens is 2. The number of pyridine rings is 1. The van der Waals surface area contributed by atoms with Gasteiger partial charge in [-0.25, -0.2) is 0 Å². The summed E-state index contributed by atoms with van der Waals surface area (Å²) in [4.78, 5) is 28.3. The standard InChI is InChI=1S/C35H38F3N5O2/c1-4-18-43(19-17-39)30-15-11-25(12-16-30)20-24(2)33(44)41-31(21-26-9-13-28(14-10-26)35(36,37)38)34(45)40-29-22-27-7-5-6-8-32(27)42(3)23-29/h5-16,22-24,31H,1,4,17-21,39H2,2-3H3/p+4. The molecule has 2 amide bonds. The average molecular weight is 622 g/mol. The number of amides is 2. The van der Waals surface area contributed by atoms with Crippen molar-refractivity contribution in [3.63, 3.8) is 0 Å². The Bertz CT molecular complexity index is 1580. The van der Waals surface area contributed by atoms with Crippen LogP contribution in [0.5, 0.6) is 0 Å². The number of nitrogens with one attached hydrogen (secondary N) is 3. The summed E-state index contributed by atoms with van der Waals surface area (Å²) in [5.41, 5.74) is 7.33. The van der Waals surface area contributed by atoms with Gasteiger partial charge in [-0.05, 0) is 53.9 Å². The lowest BCUT2D eigenvalue weighted by Crippen LogP contribution is -3.08. The largest absolute Gasteiger partial charge is 0.416 e. The normalized spacial score (nSPS) is 13.6. The molecule has 0 aliphatic rings. The van der Waals surface area contributed by atoms with E-state index in [-0.39, 0.29) is 12.3 Å². The number of rotatable bonds is 13. The van der Waals surface area contributed by atoms with Crippen molar-refractivity contribution in [3.8, 4) is 0 Å². The highest BCUT2D eigenvalue weighted by atomic mass is 19.4. The van der Waals surface area contributed by atoms with Crippen molar-refractivity contribution in [2.24, 2.45) is 13.0 Å². The first-order valence-electron chi connectivity index (χ1n) is 15.2. The molecule has 0 aliphatic carbocycles. The van der Waals surface area contributed by atoms with Crippen molar-refractivity contribution in [1.82, 2.24) is 5.32 Å². The number of nitrogens with zero attached hydrogens (tertiary/aromatic N) is 1. The highest BCUT2D eigenvalue weighted by Gasteiger charge is 2.31. The second-order valence-electron chi connectivity index (χ2n) is 11.5. The number of alkyl halides is 3. The summed E-state index contributed by atoms with van der Waals surface area (Å²) in [6.45, 7) is 8.39. The van der Waals surface area contributed by atoms with Gasteiger partial charge in [0.05, 0.1) is 12.5 Å². The van der Waals surface area contributed by atoms with Crippen LogP contribution < -0.4 is 25.8 Å². The molecular weight excluding hydrogens is 579 g/mol. The Labute approximate surface area is 262 Å². The zero-order valence-corrected chi connectivity index (χ0v) is 25.8. The molecule has 7 nitrogen and oxygen atoms in total. The summed E-state index contributed by atoms with van der Waals surface area (Å²) in [6, 6.07) is 21.3. The fourth-order valence-electron chi connectivity index (χ4n) is 5.46. The maximum absolute atomic E-state index is 13.6. The predicted octanol–water partition coefficient (Wildman–Crippen LogP) is 3.21. The number of benzene rings is 3. The van der Waals surface area contributed by atoms with Gasteiger partial charge in [-0.3, -0.25) is 14.5 Å². The van der Waals surface area contributed by atoms with Gasteiger partial charge in [0.25, 0.3) is 0 Å². The van der Waals surface area contributed by atoms with Crippen molar-refractivity contribution < 1.29 is 38.0 Å². The fraction of sp³-hybridized carbons (Fsp3) is 0.314. The third-order valence-corrected chi connectivity index (χ3v) is 7.89. The maximum atomic E-state index is 13.6. The Morgan fingerprint density at radius 3 is 2.22 bits per heavy atom. The number of para-hydroxylation sites is 1. The van der Waals surface area contributed by atoms with Crippen LogP contribution in [-0.2, 0) is 35.7 Å². The molecule has 3 unspecified atom stereocenters. The van der Waals surface area contributed by atoms with Gasteiger partial charge in [0.15, 0.2) is 6.20 Å². The van der Waals surface area contributed by atoms with E-state index in [1.165, 1.54) is 17.0 Å². The molecule has 10 heteroatoms. The smallest absolute Gasteiger partial charge is 0.353 e. The van der Waals surface area contributed by atoms with Gasteiger partial charge < -0.3 is 16.4 Å². The summed E-state index contributed by atoms with van der Waals surface area (Å²) < 4.78 is 41.3. The number of aromatic nitrogens is 1. The molecular formula is C35H42F3N5O2+4. The molecule has 3 atom stereocenters. The van der Waals surface area contributed by atoms with E-state index in [0.29, 0.717) is 17.7 Å². The molecule has 1 heterocycles. The van der Waals surface area contributed by atoms with Crippen molar-refractivity contribution in [2.45, 2.75) is 38.4 Å². The van der Waals surface area contributed by atoms with Crippen LogP contribution >= 0.6 is 0 Å². The van der Waals surface area contributed by atoms with Gasteiger partial charge in [0.2, 0.25) is 17.3 Å². The number of fused-ring (bicyclic) bond motifs is 1. The SMILES string of the molecule is [CH2+]CC[NH+](CC[NH3+])c1ccc(CC(C)C(=O)NC(Cc2ccc(C(F)(F)F)cc2)C(=O)Nc2cc3ccccc3[n+](C)c2)cc1. The topological polar surface area (TPSA) is 94.2 Å². The van der Waals surface area contributed by atoms with E-state index in [9.17, 15) is 22.8 Å². The van der Waals surface area contributed by atoms with Gasteiger partial charge >= 0.3 is 6.18 Å². The zero-order valence-electron chi connectivity index (χ0n) is 25.8. The first kappa shape index (κ1) is 33.5. The number of carbonyl (C=O) groups excluding carboxylic acids is 2. The summed E-state index contributed by atoms with van der Waals surface area (Å²) in [6.07, 6.45) is -1.40. The molecule has 1 aromatic heterocycles. The summed E-state index contributed by atoms with van der Waals surface area (Å²) in [7, 11) is 1.87. The Morgan fingerprint density at radius 1 is 0.933 bits per heavy atom. The quantitative estimate of drug-likeness (QED) is 0.136. The van der Waals surface area contributed by atoms with Crippen LogP contribution in [0.3, 0.4) is 0 Å². The van der Waals surface area contributed by atoms with Gasteiger partial charge in [0, 0.05) is 23.8 Å². The van der Waals surface area contributed by atoms with Crippen LogP contribution in [0.15, 0.2) is 85.1 Å². The van der Waals surface area contributed by atoms with Crippen LogP contribution in [0.2, 0.25) is 0 Å². The minimum atomic E-state index is -4.47. The summed E-state index contributed by atoms with van der Waals surface area (Å²) >= 11 is 0. The average Bonchev–Trinajstić information content (AvgIpc) is 3.01. The molecule has 6 N–H and O–H groups in total. The monoisotopic (exact) mass is 621 g/mol. The lowest BCUT2D eigenvalue weighted by molar-refractivity contribution is -0.839. The van der Waals surface area contributed by atoms with E-state index in [2.05, 4.69) is 35.4 Å². The molecule has 4 rings (SSSR count). The molecule has 0 aliphatic heterocycles. The minimum absolute atomic E-state index is 0.0218. The van der Waals surface area contributed by atoms with Crippen molar-refractivity contribution in [1.29, 1.82) is 0 Å². The van der Waals surface area contributed by atoms with Crippen LogP contribution in [-0.4, -0.2) is 37.5 Å².